The average molecular weight is 296 g/mol. The number of hydrogen-bond acceptors (Lipinski definition) is 4. The largest absolute Gasteiger partial charge is 0.493 e. The van der Waals surface area contributed by atoms with Gasteiger partial charge in [0.05, 0.1) is 27.8 Å². The van der Waals surface area contributed by atoms with Gasteiger partial charge in [-0.1, -0.05) is 0 Å². The van der Waals surface area contributed by atoms with Gasteiger partial charge < -0.3 is 24.2 Å². The molecule has 1 unspecified atom stereocenters. The van der Waals surface area contributed by atoms with Gasteiger partial charge in [-0.05, 0) is 32.0 Å². The van der Waals surface area contributed by atoms with E-state index in [4.69, 9.17) is 9.47 Å². The van der Waals surface area contributed by atoms with E-state index >= 15 is 0 Å². The van der Waals surface area contributed by atoms with E-state index in [1.807, 2.05) is 25.1 Å². The van der Waals surface area contributed by atoms with Crippen LogP contribution in [0.15, 0.2) is 18.2 Å². The van der Waals surface area contributed by atoms with Gasteiger partial charge >= 0.3 is 0 Å². The third-order valence-electron chi connectivity index (χ3n) is 5.16. The summed E-state index contributed by atoms with van der Waals surface area (Å²) < 4.78 is 11.2. The van der Waals surface area contributed by atoms with Crippen molar-refractivity contribution in [3.05, 3.63) is 23.8 Å². The van der Waals surface area contributed by atoms with Crippen molar-refractivity contribution < 1.29 is 24.2 Å². The van der Waals surface area contributed by atoms with Crippen molar-refractivity contribution in [3.63, 3.8) is 0 Å². The highest BCUT2D eigenvalue weighted by atomic mass is 16.5. The maximum absolute atomic E-state index is 10.5. The van der Waals surface area contributed by atoms with Crippen LogP contribution in [0.2, 0.25) is 0 Å². The van der Waals surface area contributed by atoms with Gasteiger partial charge in [0.25, 0.3) is 0 Å². The summed E-state index contributed by atoms with van der Waals surface area (Å²) in [6, 6.07) is 5.47. The van der Waals surface area contributed by atoms with Crippen molar-refractivity contribution in [2.45, 2.75) is 38.1 Å². The molecule has 1 saturated heterocycles. The highest BCUT2D eigenvalue weighted by Gasteiger charge is 2.55. The van der Waals surface area contributed by atoms with Crippen LogP contribution in [0, 0.1) is 0 Å². The van der Waals surface area contributed by atoms with Crippen molar-refractivity contribution in [3.8, 4) is 11.5 Å². The van der Waals surface area contributed by atoms with Crippen molar-refractivity contribution in [1.82, 2.24) is 0 Å². The van der Waals surface area contributed by atoms with Crippen LogP contribution in [0.1, 0.15) is 25.5 Å². The molecule has 2 rings (SSSR count). The van der Waals surface area contributed by atoms with Crippen LogP contribution in [0.3, 0.4) is 0 Å². The van der Waals surface area contributed by atoms with Crippen LogP contribution in [0.5, 0.6) is 11.5 Å². The Balaban J connectivity index is 2.48. The molecule has 0 spiro atoms. The molecule has 5 nitrogen and oxygen atoms in total. The molecule has 1 fully saturated rings. The van der Waals surface area contributed by atoms with Crippen LogP contribution in [0.4, 0.5) is 0 Å². The lowest BCUT2D eigenvalue weighted by molar-refractivity contribution is -0.948. The number of likely N-dealkylation sites (N-methyl/N-ethyl adjacent to an activating group) is 1. The van der Waals surface area contributed by atoms with Gasteiger partial charge in [-0.25, -0.2) is 0 Å². The predicted molar refractivity (Wildman–Crippen MR) is 80.5 cm³/mol. The van der Waals surface area contributed by atoms with Gasteiger partial charge in [-0.3, -0.25) is 0 Å². The molecular weight excluding hydrogens is 270 g/mol. The number of benzene rings is 1. The van der Waals surface area contributed by atoms with E-state index in [1.54, 1.807) is 14.2 Å². The third kappa shape index (κ3) is 2.39. The molecule has 1 aromatic carbocycles. The second-order valence-electron chi connectivity index (χ2n) is 5.94. The molecule has 0 aromatic heterocycles. The Kier molecular flexibility index (Phi) is 4.46. The van der Waals surface area contributed by atoms with Gasteiger partial charge in [0.1, 0.15) is 24.3 Å². The Morgan fingerprint density at radius 1 is 1.10 bits per heavy atom. The van der Waals surface area contributed by atoms with E-state index in [0.717, 1.165) is 12.1 Å². The first-order valence-corrected chi connectivity index (χ1v) is 7.33. The Morgan fingerprint density at radius 2 is 1.71 bits per heavy atom. The number of likely N-dealkylation sites (tertiary alicyclic amines) is 1. The van der Waals surface area contributed by atoms with Crippen molar-refractivity contribution in [2.75, 3.05) is 27.8 Å². The van der Waals surface area contributed by atoms with Crippen LogP contribution in [-0.4, -0.2) is 60.8 Å². The molecule has 1 aromatic rings. The molecular formula is C16H26NO4+. The maximum atomic E-state index is 10.5. The van der Waals surface area contributed by atoms with Crippen molar-refractivity contribution >= 4 is 0 Å². The minimum atomic E-state index is -0.789. The van der Waals surface area contributed by atoms with Gasteiger partial charge in [-0.2, -0.15) is 0 Å². The first kappa shape index (κ1) is 16.1. The van der Waals surface area contributed by atoms with Crippen LogP contribution >= 0.6 is 0 Å². The molecule has 1 aliphatic heterocycles. The summed E-state index contributed by atoms with van der Waals surface area (Å²) in [5.74, 6) is 1.30. The summed E-state index contributed by atoms with van der Waals surface area (Å²) in [6.45, 7) is 4.89. The van der Waals surface area contributed by atoms with Crippen LogP contribution in [0.25, 0.3) is 0 Å². The average Bonchev–Trinajstić information content (AvgIpc) is 2.68. The zero-order chi connectivity index (χ0) is 15.8. The number of rotatable bonds is 4. The van der Waals surface area contributed by atoms with E-state index in [-0.39, 0.29) is 12.1 Å². The number of quaternary nitrogens is 1. The fourth-order valence-electron chi connectivity index (χ4n) is 3.48. The standard InChI is InChI=1S/C16H26NO4/c1-6-17(3)10(2)15(18)16(19)14(17)11-7-8-12(20-4)13(9-11)21-5/h7-10,14-16,18-19H,6H2,1-5H3/q+1/t10-,14+,15-,16-,17?/m1/s1. The summed E-state index contributed by atoms with van der Waals surface area (Å²) in [5.41, 5.74) is 0.952. The molecule has 1 aliphatic rings. The molecule has 0 bridgehead atoms. The highest BCUT2D eigenvalue weighted by Crippen LogP contribution is 2.44. The third-order valence-corrected chi connectivity index (χ3v) is 5.16. The number of nitrogens with zero attached hydrogens (tertiary/aromatic N) is 1. The first-order valence-electron chi connectivity index (χ1n) is 7.33. The van der Waals surface area contributed by atoms with E-state index in [1.165, 1.54) is 0 Å². The molecule has 1 heterocycles. The van der Waals surface area contributed by atoms with Crippen LogP contribution in [-0.2, 0) is 0 Å². The topological polar surface area (TPSA) is 58.9 Å². The molecule has 0 amide bonds. The summed E-state index contributed by atoms with van der Waals surface area (Å²) in [7, 11) is 5.27. The fourth-order valence-corrected chi connectivity index (χ4v) is 3.48. The van der Waals surface area contributed by atoms with Gasteiger partial charge in [0.15, 0.2) is 11.5 Å². The molecule has 118 valence electrons. The number of aliphatic hydroxyl groups is 2. The maximum Gasteiger partial charge on any atom is 0.161 e. The lowest BCUT2D eigenvalue weighted by Crippen LogP contribution is -2.50. The van der Waals surface area contributed by atoms with Crippen molar-refractivity contribution in [2.24, 2.45) is 0 Å². The normalized spacial score (nSPS) is 35.8. The second kappa shape index (κ2) is 5.83. The smallest absolute Gasteiger partial charge is 0.161 e. The molecule has 0 aliphatic carbocycles. The SMILES string of the molecule is CC[N+]1(C)[C@H](C)[C@@H](O)[C@H](O)[C@@H]1c1ccc(OC)c(OC)c1. The molecule has 21 heavy (non-hydrogen) atoms. The number of ether oxygens (including phenoxy) is 2. The van der Waals surface area contributed by atoms with Gasteiger partial charge in [0, 0.05) is 5.56 Å². The molecule has 2 N–H and O–H groups in total. The monoisotopic (exact) mass is 296 g/mol. The van der Waals surface area contributed by atoms with E-state index in [9.17, 15) is 10.2 Å². The predicted octanol–water partition coefficient (Wildman–Crippen LogP) is 1.34. The Hall–Kier alpha value is -1.30. The molecule has 5 heteroatoms. The quantitative estimate of drug-likeness (QED) is 0.823. The minimum Gasteiger partial charge on any atom is -0.493 e. The zero-order valence-electron chi connectivity index (χ0n) is 13.4. The number of aliphatic hydroxyl groups excluding tert-OH is 2. The Labute approximate surface area is 126 Å². The van der Waals surface area contributed by atoms with Crippen LogP contribution < -0.4 is 9.47 Å². The van der Waals surface area contributed by atoms with E-state index < -0.39 is 12.2 Å². The summed E-state index contributed by atoms with van der Waals surface area (Å²) >= 11 is 0. The zero-order valence-corrected chi connectivity index (χ0v) is 13.4. The molecule has 5 atom stereocenters. The number of methoxy groups -OCH3 is 2. The van der Waals surface area contributed by atoms with Gasteiger partial charge in [0.2, 0.25) is 0 Å². The molecule has 0 saturated carbocycles. The van der Waals surface area contributed by atoms with E-state index in [0.29, 0.717) is 16.0 Å². The lowest BCUT2D eigenvalue weighted by atomic mass is 9.99. The molecule has 0 radical (unpaired) electrons. The first-order chi connectivity index (χ1) is 9.90. The summed E-state index contributed by atoms with van der Waals surface area (Å²) in [5, 5.41) is 20.8. The lowest BCUT2D eigenvalue weighted by Gasteiger charge is -2.39. The second-order valence-corrected chi connectivity index (χ2v) is 5.94. The minimum absolute atomic E-state index is 0.0249. The fraction of sp³-hybridized carbons (Fsp3) is 0.625. The Morgan fingerprint density at radius 3 is 2.24 bits per heavy atom. The van der Waals surface area contributed by atoms with Crippen molar-refractivity contribution in [1.29, 1.82) is 0 Å². The highest BCUT2D eigenvalue weighted by molar-refractivity contribution is 5.44. The Bertz CT molecular complexity index is 507. The number of hydrogen-bond donors (Lipinski definition) is 2. The summed E-state index contributed by atoms with van der Waals surface area (Å²) in [6.07, 6.45) is -1.52. The summed E-state index contributed by atoms with van der Waals surface area (Å²) in [4.78, 5) is 0. The van der Waals surface area contributed by atoms with E-state index in [2.05, 4.69) is 14.0 Å². The van der Waals surface area contributed by atoms with Gasteiger partial charge in [-0.15, -0.1) is 0 Å².